The summed E-state index contributed by atoms with van der Waals surface area (Å²) in [5.74, 6) is -14.9. The molecule has 0 unspecified atom stereocenters. The van der Waals surface area contributed by atoms with E-state index in [2.05, 4.69) is 0 Å². The van der Waals surface area contributed by atoms with Crippen LogP contribution in [0.2, 0.25) is 0 Å². The number of hydrogen-bond donors (Lipinski definition) is 0. The highest BCUT2D eigenvalue weighted by atomic mass is 32.3. The first-order valence-electron chi connectivity index (χ1n) is 21.5. The Morgan fingerprint density at radius 3 is 1.08 bits per heavy atom. The monoisotopic (exact) mass is 898 g/mol. The maximum atomic E-state index is 16.3. The molecule has 3 nitrogen and oxygen atoms in total. The van der Waals surface area contributed by atoms with Gasteiger partial charge >= 0.3 is 33.4 Å². The van der Waals surface area contributed by atoms with E-state index in [1.165, 1.54) is 24.3 Å². The largest absolute Gasteiger partial charge is 0.460 e. The third-order valence-corrected chi connectivity index (χ3v) is 16.3. The normalized spacial score (nSPS) is 13.6. The van der Waals surface area contributed by atoms with Crippen LogP contribution >= 0.6 is 10.3 Å². The lowest BCUT2D eigenvalue weighted by Gasteiger charge is -2.45. The van der Waals surface area contributed by atoms with Crippen LogP contribution in [0.5, 0.6) is 0 Å². The topological polar surface area (TPSA) is 43.4 Å². The summed E-state index contributed by atoms with van der Waals surface area (Å²) in [6.45, 7) is 11.8. The Kier molecular flexibility index (Phi) is 19.0. The Bertz CT molecular complexity index is 1780. The smallest absolute Gasteiger partial charge is 0.202 e. The first kappa shape index (κ1) is 51.6. The van der Waals surface area contributed by atoms with Gasteiger partial charge in [0.15, 0.2) is 0 Å². The molecule has 3 rings (SSSR count). The number of hydrogen-bond acceptors (Lipinski definition) is 3. The van der Waals surface area contributed by atoms with Crippen LogP contribution in [0.1, 0.15) is 152 Å². The van der Waals surface area contributed by atoms with Crippen molar-refractivity contribution >= 4 is 20.4 Å². The summed E-state index contributed by atoms with van der Waals surface area (Å²) in [4.78, 5) is 0.361. The molecule has 0 saturated heterocycles. The molecule has 340 valence electrons. The average molecular weight is 899 g/mol. The third-order valence-electron chi connectivity index (χ3n) is 10.7. The second-order valence-electron chi connectivity index (χ2n) is 15.7. The lowest BCUT2D eigenvalue weighted by Crippen LogP contribution is -2.63. The predicted octanol–water partition coefficient (Wildman–Crippen LogP) is 15.7. The van der Waals surface area contributed by atoms with E-state index in [-0.39, 0.29) is 40.4 Å². The Morgan fingerprint density at radius 2 is 0.783 bits per heavy atom. The highest BCUT2D eigenvalue weighted by molar-refractivity contribution is 8.33. The van der Waals surface area contributed by atoms with Crippen molar-refractivity contribution in [1.82, 2.24) is 0 Å². The molecule has 0 aliphatic carbocycles. The summed E-state index contributed by atoms with van der Waals surface area (Å²) in [5.41, 5.74) is 3.88. The van der Waals surface area contributed by atoms with Gasteiger partial charge in [-0.15, -0.1) is 0 Å². The molecule has 0 N–H and O–H groups in total. The first-order chi connectivity index (χ1) is 28.2. The van der Waals surface area contributed by atoms with E-state index in [0.717, 1.165) is 36.8 Å². The molecule has 0 fully saturated rings. The van der Waals surface area contributed by atoms with E-state index in [1.807, 2.05) is 65.8 Å². The van der Waals surface area contributed by atoms with Crippen molar-refractivity contribution in [2.75, 3.05) is 0 Å². The number of halogens is 9. The molecule has 0 radical (unpaired) electrons. The molecule has 0 heterocycles. The van der Waals surface area contributed by atoms with Crippen molar-refractivity contribution in [1.29, 1.82) is 0 Å². The first-order valence-corrected chi connectivity index (χ1v) is 24.5. The average Bonchev–Trinajstić information content (AvgIpc) is 3.20. The van der Waals surface area contributed by atoms with Gasteiger partial charge < -0.3 is 0 Å². The summed E-state index contributed by atoms with van der Waals surface area (Å²) >= 11 is 0. The summed E-state index contributed by atoms with van der Waals surface area (Å²) in [6, 6.07) is 15.0. The fourth-order valence-corrected chi connectivity index (χ4v) is 13.5. The third kappa shape index (κ3) is 11.1. The second-order valence-corrected chi connectivity index (χ2v) is 20.0. The predicted molar refractivity (Wildman–Crippen MR) is 224 cm³/mol. The fraction of sp³-hybridized carbons (Fsp3) is 0.609. The molecular weight excluding hydrogens is 836 g/mol. The quantitative estimate of drug-likeness (QED) is 0.0754. The molecule has 0 aliphatic rings. The number of unbranched alkanes of at least 4 members (excludes halogenated alkanes) is 6. The number of alkyl halides is 9. The molecule has 0 atom stereocenters. The van der Waals surface area contributed by atoms with Crippen LogP contribution in [0.15, 0.2) is 69.3 Å². The molecular formula is C46H63F9O3S2. The molecule has 0 bridgehead atoms. The lowest BCUT2D eigenvalue weighted by atomic mass is 9.96. The van der Waals surface area contributed by atoms with Crippen LogP contribution in [0, 0.1) is 0 Å². The molecule has 0 aromatic heterocycles. The molecule has 0 spiro atoms. The van der Waals surface area contributed by atoms with E-state index >= 15 is 17.6 Å². The minimum Gasteiger partial charge on any atom is -0.202 e. The standard InChI is InChI=1S/C46H63F9O3S2/c1-7-13-22-34-30-36(24-15-9-3)41(37(31-34)25-16-10-4)59(40-28-20-19-21-29-40,58-60(56,57)46(54,55)44(49,50)43(47,48)45(51,52)53)42-38(26-17-11-5)32-35(23-14-8-2)33-39(42)27-18-12-6/h19-21,28-33H,7-18,22-27H2,1-6H3. The van der Waals surface area contributed by atoms with E-state index in [4.69, 9.17) is 3.63 Å². The molecule has 3 aromatic carbocycles. The van der Waals surface area contributed by atoms with Gasteiger partial charge in [0, 0.05) is 14.7 Å². The van der Waals surface area contributed by atoms with Crippen LogP contribution in [-0.4, -0.2) is 31.7 Å². The van der Waals surface area contributed by atoms with E-state index in [1.54, 1.807) is 6.07 Å². The Morgan fingerprint density at radius 1 is 0.467 bits per heavy atom. The summed E-state index contributed by atoms with van der Waals surface area (Å²) in [5, 5.41) is -7.06. The summed E-state index contributed by atoms with van der Waals surface area (Å²) in [6.07, 6.45) is 3.22. The summed E-state index contributed by atoms with van der Waals surface area (Å²) in [7, 11) is -11.6. The van der Waals surface area contributed by atoms with Crippen molar-refractivity contribution in [2.24, 2.45) is 0 Å². The number of aryl methyl sites for hydroxylation is 6. The van der Waals surface area contributed by atoms with Crippen molar-refractivity contribution in [2.45, 2.75) is 195 Å². The lowest BCUT2D eigenvalue weighted by molar-refractivity contribution is -0.382. The van der Waals surface area contributed by atoms with Crippen LogP contribution in [-0.2, 0) is 52.3 Å². The molecule has 0 saturated carbocycles. The molecule has 60 heavy (non-hydrogen) atoms. The Labute approximate surface area is 353 Å². The van der Waals surface area contributed by atoms with Crippen molar-refractivity contribution in [3.05, 3.63) is 88.0 Å². The van der Waals surface area contributed by atoms with Crippen molar-refractivity contribution in [3.8, 4) is 0 Å². The molecule has 0 aliphatic heterocycles. The zero-order valence-corrected chi connectivity index (χ0v) is 37.5. The van der Waals surface area contributed by atoms with Gasteiger partial charge in [-0.3, -0.25) is 0 Å². The van der Waals surface area contributed by atoms with E-state index in [9.17, 15) is 30.4 Å². The van der Waals surface area contributed by atoms with Crippen molar-refractivity contribution in [3.63, 3.8) is 0 Å². The molecule has 0 amide bonds. The fourth-order valence-electron chi connectivity index (χ4n) is 7.41. The van der Waals surface area contributed by atoms with Crippen molar-refractivity contribution < 1.29 is 51.6 Å². The van der Waals surface area contributed by atoms with Gasteiger partial charge in [-0.1, -0.05) is 123 Å². The number of rotatable bonds is 26. The zero-order chi connectivity index (χ0) is 45.0. The summed E-state index contributed by atoms with van der Waals surface area (Å²) < 4.78 is 168. The van der Waals surface area contributed by atoms with Crippen LogP contribution in [0.3, 0.4) is 0 Å². The maximum absolute atomic E-state index is 16.3. The molecule has 14 heteroatoms. The van der Waals surface area contributed by atoms with Gasteiger partial charge in [0.1, 0.15) is 0 Å². The van der Waals surface area contributed by atoms with Crippen LogP contribution in [0.25, 0.3) is 0 Å². The number of benzene rings is 3. The van der Waals surface area contributed by atoms with Gasteiger partial charge in [0.05, 0.1) is 0 Å². The van der Waals surface area contributed by atoms with Crippen LogP contribution in [0.4, 0.5) is 39.5 Å². The van der Waals surface area contributed by atoms with Gasteiger partial charge in [-0.25, -0.2) is 3.63 Å². The zero-order valence-electron chi connectivity index (χ0n) is 35.9. The minimum atomic E-state index is -7.47. The Hall–Kier alpha value is -2.71. The Balaban J connectivity index is 2.85. The highest BCUT2D eigenvalue weighted by Gasteiger charge is 2.86. The van der Waals surface area contributed by atoms with E-state index in [0.29, 0.717) is 86.5 Å². The van der Waals surface area contributed by atoms with Gasteiger partial charge in [-0.2, -0.15) is 47.9 Å². The molecule has 3 aromatic rings. The van der Waals surface area contributed by atoms with Crippen LogP contribution < -0.4 is 0 Å². The van der Waals surface area contributed by atoms with Gasteiger partial charge in [-0.05, 0) is 133 Å². The highest BCUT2D eigenvalue weighted by Crippen LogP contribution is 2.75. The SMILES string of the molecule is CCCCc1cc(CCCC)c(S(OS(=O)(=O)C(F)(F)C(F)(F)C(F)(F)C(F)(F)F)(c2ccccc2)c2c(CCCC)cc(CCCC)cc2CCCC)c(CCCC)c1. The second kappa shape index (κ2) is 22.1. The van der Waals surface area contributed by atoms with Gasteiger partial charge in [0.2, 0.25) is 0 Å². The van der Waals surface area contributed by atoms with Gasteiger partial charge in [0.25, 0.3) is 0 Å². The maximum Gasteiger partial charge on any atom is 0.460 e. The van der Waals surface area contributed by atoms with E-state index < -0.39 is 43.7 Å². The minimum absolute atomic E-state index is 0.00360.